The second-order valence-corrected chi connectivity index (χ2v) is 8.35. The van der Waals surface area contributed by atoms with Crippen molar-refractivity contribution in [2.75, 3.05) is 5.32 Å². The first-order chi connectivity index (χ1) is 13.2. The minimum atomic E-state index is -0.500. The van der Waals surface area contributed by atoms with Crippen LogP contribution in [0.3, 0.4) is 0 Å². The van der Waals surface area contributed by atoms with Crippen LogP contribution in [0, 0.1) is 10.1 Å². The Kier molecular flexibility index (Phi) is 5.28. The van der Waals surface area contributed by atoms with Gasteiger partial charge in [-0.2, -0.15) is 0 Å². The molecule has 0 atom stereocenters. The Labute approximate surface area is 166 Å². The molecule has 0 saturated carbocycles. The molecule has 0 bridgehead atoms. The zero-order valence-corrected chi connectivity index (χ0v) is 16.9. The molecule has 0 aliphatic heterocycles. The first kappa shape index (κ1) is 19.7. The summed E-state index contributed by atoms with van der Waals surface area (Å²) >= 11 is 1.51. The number of rotatable bonds is 6. The molecule has 1 aromatic carbocycles. The predicted molar refractivity (Wildman–Crippen MR) is 108 cm³/mol. The van der Waals surface area contributed by atoms with Gasteiger partial charge in [-0.3, -0.25) is 14.9 Å². The SMILES string of the molecule is Cn1ccnc1C(=O)c1ccc(NCc2nc(C(C)(C)C)cs2)c([N+](=O)[O-])c1. The van der Waals surface area contributed by atoms with Crippen LogP contribution in [0.5, 0.6) is 0 Å². The average Bonchev–Trinajstić information content (AvgIpc) is 3.27. The maximum absolute atomic E-state index is 12.6. The monoisotopic (exact) mass is 399 g/mol. The number of nitrogens with zero attached hydrogens (tertiary/aromatic N) is 4. The number of imidazole rings is 1. The van der Waals surface area contributed by atoms with E-state index in [-0.39, 0.29) is 28.3 Å². The molecule has 0 saturated heterocycles. The fourth-order valence-electron chi connectivity index (χ4n) is 2.59. The molecule has 9 heteroatoms. The molecule has 1 N–H and O–H groups in total. The molecule has 0 aliphatic rings. The van der Waals surface area contributed by atoms with Gasteiger partial charge in [0.2, 0.25) is 5.78 Å². The van der Waals surface area contributed by atoms with Crippen LogP contribution in [0.25, 0.3) is 0 Å². The van der Waals surface area contributed by atoms with E-state index >= 15 is 0 Å². The van der Waals surface area contributed by atoms with Gasteiger partial charge in [0.05, 0.1) is 17.2 Å². The van der Waals surface area contributed by atoms with Crippen molar-refractivity contribution in [3.63, 3.8) is 0 Å². The van der Waals surface area contributed by atoms with Crippen LogP contribution >= 0.6 is 11.3 Å². The average molecular weight is 399 g/mol. The fraction of sp³-hybridized carbons (Fsp3) is 0.316. The van der Waals surface area contributed by atoms with E-state index in [1.54, 1.807) is 29.9 Å². The summed E-state index contributed by atoms with van der Waals surface area (Å²) in [4.78, 5) is 32.2. The summed E-state index contributed by atoms with van der Waals surface area (Å²) < 4.78 is 1.58. The lowest BCUT2D eigenvalue weighted by atomic mass is 9.93. The van der Waals surface area contributed by atoms with Crippen LogP contribution < -0.4 is 5.32 Å². The lowest BCUT2D eigenvalue weighted by molar-refractivity contribution is -0.384. The standard InChI is InChI=1S/C19H21N5O3S/c1-19(2,3)15-11-28-16(22-15)10-21-13-6-5-12(9-14(13)24(26)27)17(25)18-20-7-8-23(18)4/h5-9,11,21H,10H2,1-4H3. The molecule has 146 valence electrons. The first-order valence-electron chi connectivity index (χ1n) is 8.66. The van der Waals surface area contributed by atoms with E-state index in [2.05, 4.69) is 36.1 Å². The number of nitrogens with one attached hydrogen (secondary N) is 1. The third-order valence-electron chi connectivity index (χ3n) is 4.23. The Morgan fingerprint density at radius 1 is 1.36 bits per heavy atom. The van der Waals surface area contributed by atoms with Crippen LogP contribution in [0.15, 0.2) is 36.0 Å². The Bertz CT molecular complexity index is 1030. The van der Waals surface area contributed by atoms with Gasteiger partial charge in [0.1, 0.15) is 10.7 Å². The lowest BCUT2D eigenvalue weighted by Crippen LogP contribution is -2.12. The number of carbonyl (C=O) groups excluding carboxylic acids is 1. The molecule has 2 aromatic heterocycles. The van der Waals surface area contributed by atoms with Crippen molar-refractivity contribution in [1.82, 2.24) is 14.5 Å². The molecule has 0 fully saturated rings. The summed E-state index contributed by atoms with van der Waals surface area (Å²) in [5.74, 6) is -0.135. The number of hydrogen-bond donors (Lipinski definition) is 1. The van der Waals surface area contributed by atoms with E-state index in [0.717, 1.165) is 10.7 Å². The quantitative estimate of drug-likeness (QED) is 0.383. The van der Waals surface area contributed by atoms with Crippen LogP contribution in [-0.4, -0.2) is 25.2 Å². The van der Waals surface area contributed by atoms with Gasteiger partial charge in [0, 0.05) is 41.9 Å². The number of nitro benzene ring substituents is 1. The van der Waals surface area contributed by atoms with Crippen LogP contribution in [-0.2, 0) is 19.0 Å². The number of anilines is 1. The molecule has 8 nitrogen and oxygen atoms in total. The second kappa shape index (κ2) is 7.51. The third-order valence-corrected chi connectivity index (χ3v) is 5.08. The van der Waals surface area contributed by atoms with Gasteiger partial charge < -0.3 is 9.88 Å². The zero-order chi connectivity index (χ0) is 20.5. The molecule has 0 aliphatic carbocycles. The molecule has 3 aromatic rings. The molecular formula is C19H21N5O3S. The lowest BCUT2D eigenvalue weighted by Gasteiger charge is -2.14. The highest BCUT2D eigenvalue weighted by Crippen LogP contribution is 2.28. The molecule has 2 heterocycles. The summed E-state index contributed by atoms with van der Waals surface area (Å²) in [6.07, 6.45) is 3.16. The zero-order valence-electron chi connectivity index (χ0n) is 16.1. The van der Waals surface area contributed by atoms with Crippen molar-refractivity contribution >= 4 is 28.5 Å². The topological polar surface area (TPSA) is 103 Å². The van der Waals surface area contributed by atoms with Gasteiger partial charge in [-0.15, -0.1) is 11.3 Å². The number of hydrogen-bond acceptors (Lipinski definition) is 7. The molecule has 0 amide bonds. The summed E-state index contributed by atoms with van der Waals surface area (Å²) in [5.41, 5.74) is 1.34. The maximum Gasteiger partial charge on any atom is 0.293 e. The molecule has 0 spiro atoms. The number of aryl methyl sites for hydroxylation is 1. The second-order valence-electron chi connectivity index (χ2n) is 7.41. The van der Waals surface area contributed by atoms with Crippen molar-refractivity contribution in [2.24, 2.45) is 7.05 Å². The summed E-state index contributed by atoms with van der Waals surface area (Å²) in [6, 6.07) is 4.39. The predicted octanol–water partition coefficient (Wildman–Crippen LogP) is 3.93. The molecular weight excluding hydrogens is 378 g/mol. The Morgan fingerprint density at radius 3 is 2.68 bits per heavy atom. The number of nitro groups is 1. The maximum atomic E-state index is 12.6. The normalized spacial score (nSPS) is 11.4. The number of thiazole rings is 1. The van der Waals surface area contributed by atoms with Gasteiger partial charge in [0.15, 0.2) is 5.82 Å². The Balaban J connectivity index is 1.82. The smallest absolute Gasteiger partial charge is 0.293 e. The van der Waals surface area contributed by atoms with E-state index < -0.39 is 4.92 Å². The highest BCUT2D eigenvalue weighted by atomic mass is 32.1. The van der Waals surface area contributed by atoms with Gasteiger partial charge in [-0.25, -0.2) is 9.97 Å². The van der Waals surface area contributed by atoms with Crippen molar-refractivity contribution in [1.29, 1.82) is 0 Å². The van der Waals surface area contributed by atoms with E-state index in [1.807, 2.05) is 5.38 Å². The minimum Gasteiger partial charge on any atom is -0.373 e. The van der Waals surface area contributed by atoms with E-state index in [4.69, 9.17) is 0 Å². The first-order valence-corrected chi connectivity index (χ1v) is 9.54. The Morgan fingerprint density at radius 2 is 2.11 bits per heavy atom. The highest BCUT2D eigenvalue weighted by Gasteiger charge is 2.21. The summed E-state index contributed by atoms with van der Waals surface area (Å²) in [6.45, 7) is 6.62. The van der Waals surface area contributed by atoms with E-state index in [1.165, 1.54) is 23.6 Å². The molecule has 0 unspecified atom stereocenters. The van der Waals surface area contributed by atoms with Gasteiger partial charge >= 0.3 is 0 Å². The molecule has 0 radical (unpaired) electrons. The number of carbonyl (C=O) groups is 1. The fourth-order valence-corrected chi connectivity index (χ4v) is 3.55. The summed E-state index contributed by atoms with van der Waals surface area (Å²) in [5, 5.41) is 17.4. The van der Waals surface area contributed by atoms with Gasteiger partial charge in [-0.05, 0) is 12.1 Å². The van der Waals surface area contributed by atoms with E-state index in [0.29, 0.717) is 12.2 Å². The highest BCUT2D eigenvalue weighted by molar-refractivity contribution is 7.09. The minimum absolute atomic E-state index is 0.0479. The van der Waals surface area contributed by atoms with Crippen molar-refractivity contribution < 1.29 is 9.72 Å². The van der Waals surface area contributed by atoms with Crippen LogP contribution in [0.1, 0.15) is 47.7 Å². The largest absolute Gasteiger partial charge is 0.373 e. The molecule has 3 rings (SSSR count). The van der Waals surface area contributed by atoms with Gasteiger partial charge in [0.25, 0.3) is 5.69 Å². The number of ketones is 1. The third kappa shape index (κ3) is 4.09. The number of aromatic nitrogens is 3. The van der Waals surface area contributed by atoms with Crippen LogP contribution in [0.2, 0.25) is 0 Å². The van der Waals surface area contributed by atoms with Gasteiger partial charge in [-0.1, -0.05) is 20.8 Å². The van der Waals surface area contributed by atoms with Crippen molar-refractivity contribution in [3.05, 3.63) is 68.2 Å². The number of benzene rings is 1. The van der Waals surface area contributed by atoms with E-state index in [9.17, 15) is 14.9 Å². The summed E-state index contributed by atoms with van der Waals surface area (Å²) in [7, 11) is 1.70. The molecule has 28 heavy (non-hydrogen) atoms. The Hall–Kier alpha value is -3.07. The van der Waals surface area contributed by atoms with Crippen molar-refractivity contribution in [2.45, 2.75) is 32.7 Å². The van der Waals surface area contributed by atoms with Crippen LogP contribution in [0.4, 0.5) is 11.4 Å². The van der Waals surface area contributed by atoms with Crippen molar-refractivity contribution in [3.8, 4) is 0 Å².